The Balaban J connectivity index is 1.33. The van der Waals surface area contributed by atoms with E-state index in [2.05, 4.69) is 40.0 Å². The number of hydrogen-bond acceptors (Lipinski definition) is 4. The van der Waals surface area contributed by atoms with Crippen LogP contribution in [0.5, 0.6) is 0 Å². The number of hydrogen-bond donors (Lipinski definition) is 2. The molecule has 2 N–H and O–H groups in total. The summed E-state index contributed by atoms with van der Waals surface area (Å²) in [6.45, 7) is 3.56. The summed E-state index contributed by atoms with van der Waals surface area (Å²) >= 11 is 0. The van der Waals surface area contributed by atoms with Gasteiger partial charge in [-0.2, -0.15) is 5.10 Å². The number of nitrogens with one attached hydrogen (secondary N) is 2. The average Bonchev–Trinajstić information content (AvgIpc) is 3.40. The topological polar surface area (TPSA) is 77.4 Å². The maximum absolute atomic E-state index is 12.5. The van der Waals surface area contributed by atoms with Crippen LogP contribution in [-0.4, -0.2) is 48.3 Å². The van der Waals surface area contributed by atoms with Crippen molar-refractivity contribution >= 4 is 11.7 Å². The second kappa shape index (κ2) is 8.75. The molecule has 4 rings (SSSR count). The quantitative estimate of drug-likeness (QED) is 0.803. The van der Waals surface area contributed by atoms with Crippen LogP contribution in [0, 0.1) is 0 Å². The second-order valence-corrected chi connectivity index (χ2v) is 7.65. The number of nitrogens with zero attached hydrogens (tertiary/aromatic N) is 2. The summed E-state index contributed by atoms with van der Waals surface area (Å²) in [5.74, 6) is 0. The van der Waals surface area contributed by atoms with Crippen LogP contribution in [0.2, 0.25) is 0 Å². The molecule has 7 heteroatoms. The molecule has 0 radical (unpaired) electrons. The smallest absolute Gasteiger partial charge is 0.319 e. The second-order valence-electron chi connectivity index (χ2n) is 7.65. The highest BCUT2D eigenvalue weighted by molar-refractivity contribution is 5.88. The van der Waals surface area contributed by atoms with Crippen LogP contribution in [0.4, 0.5) is 10.5 Å². The lowest BCUT2D eigenvalue weighted by Gasteiger charge is -2.37. The molecular formula is C21H28N4O3. The number of anilines is 1. The van der Waals surface area contributed by atoms with Crippen LogP contribution in [0.15, 0.2) is 42.7 Å². The molecular weight excluding hydrogens is 356 g/mol. The molecule has 0 spiro atoms. The van der Waals surface area contributed by atoms with Gasteiger partial charge in [-0.3, -0.25) is 4.68 Å². The van der Waals surface area contributed by atoms with Gasteiger partial charge >= 0.3 is 6.03 Å². The molecule has 1 unspecified atom stereocenters. The van der Waals surface area contributed by atoms with Gasteiger partial charge in [-0.05, 0) is 31.2 Å². The van der Waals surface area contributed by atoms with Crippen molar-refractivity contribution in [2.24, 2.45) is 0 Å². The minimum absolute atomic E-state index is 0.0825. The lowest BCUT2D eigenvalue weighted by Crippen LogP contribution is -2.45. The first-order valence-electron chi connectivity index (χ1n) is 10.1. The lowest BCUT2D eigenvalue weighted by molar-refractivity contribution is 0.0508. The van der Waals surface area contributed by atoms with E-state index < -0.39 is 0 Å². The normalized spacial score (nSPS) is 21.4. The van der Waals surface area contributed by atoms with Crippen molar-refractivity contribution in [3.05, 3.63) is 48.3 Å². The highest BCUT2D eigenvalue weighted by Gasteiger charge is 2.34. The number of rotatable bonds is 6. The van der Waals surface area contributed by atoms with Crippen molar-refractivity contribution in [3.8, 4) is 0 Å². The molecule has 3 heterocycles. The molecule has 2 amide bonds. The van der Waals surface area contributed by atoms with Gasteiger partial charge < -0.3 is 20.1 Å². The largest absolute Gasteiger partial charge is 0.381 e. The molecule has 0 bridgehead atoms. The summed E-state index contributed by atoms with van der Waals surface area (Å²) in [4.78, 5) is 12.5. The zero-order valence-electron chi connectivity index (χ0n) is 16.1. The first-order valence-corrected chi connectivity index (χ1v) is 10.1. The Kier molecular flexibility index (Phi) is 5.92. The molecule has 1 aromatic heterocycles. The van der Waals surface area contributed by atoms with Crippen LogP contribution >= 0.6 is 0 Å². The van der Waals surface area contributed by atoms with Crippen LogP contribution in [-0.2, 0) is 21.4 Å². The van der Waals surface area contributed by atoms with E-state index in [-0.39, 0.29) is 17.6 Å². The molecule has 150 valence electrons. The lowest BCUT2D eigenvalue weighted by atomic mass is 9.74. The van der Waals surface area contributed by atoms with Crippen molar-refractivity contribution in [1.29, 1.82) is 0 Å². The fourth-order valence-electron chi connectivity index (χ4n) is 4.07. The van der Waals surface area contributed by atoms with Gasteiger partial charge in [0.15, 0.2) is 0 Å². The summed E-state index contributed by atoms with van der Waals surface area (Å²) < 4.78 is 13.0. The van der Waals surface area contributed by atoms with Gasteiger partial charge in [0.2, 0.25) is 0 Å². The average molecular weight is 384 g/mol. The molecule has 2 fully saturated rings. The van der Waals surface area contributed by atoms with E-state index in [0.29, 0.717) is 25.4 Å². The van der Waals surface area contributed by atoms with Gasteiger partial charge in [0, 0.05) is 38.0 Å². The van der Waals surface area contributed by atoms with E-state index in [9.17, 15) is 4.79 Å². The van der Waals surface area contributed by atoms with Gasteiger partial charge in [-0.1, -0.05) is 30.3 Å². The third kappa shape index (κ3) is 4.54. The molecule has 2 aliphatic heterocycles. The molecule has 2 saturated heterocycles. The molecule has 2 aliphatic rings. The van der Waals surface area contributed by atoms with Crippen molar-refractivity contribution in [3.63, 3.8) is 0 Å². The van der Waals surface area contributed by atoms with Crippen molar-refractivity contribution in [2.45, 2.75) is 43.7 Å². The van der Waals surface area contributed by atoms with Gasteiger partial charge in [-0.25, -0.2) is 4.79 Å². The van der Waals surface area contributed by atoms with Crippen LogP contribution in [0.25, 0.3) is 0 Å². The Bertz CT molecular complexity index is 765. The predicted molar refractivity (Wildman–Crippen MR) is 106 cm³/mol. The van der Waals surface area contributed by atoms with Crippen LogP contribution in [0.1, 0.15) is 31.2 Å². The Hall–Kier alpha value is -2.38. The van der Waals surface area contributed by atoms with E-state index in [1.54, 1.807) is 6.20 Å². The minimum atomic E-state index is -0.210. The number of carbonyl (C=O) groups is 1. The van der Waals surface area contributed by atoms with Gasteiger partial charge in [0.25, 0.3) is 0 Å². The first kappa shape index (κ1) is 19.0. The highest BCUT2D eigenvalue weighted by Crippen LogP contribution is 2.34. The molecule has 28 heavy (non-hydrogen) atoms. The molecule has 0 saturated carbocycles. The maximum atomic E-state index is 12.5. The first-order chi connectivity index (χ1) is 13.7. The summed E-state index contributed by atoms with van der Waals surface area (Å²) in [5.41, 5.74) is 1.86. The predicted octanol–water partition coefficient (Wildman–Crippen LogP) is 2.93. The Labute approximate surface area is 165 Å². The van der Waals surface area contributed by atoms with Crippen molar-refractivity contribution in [1.82, 2.24) is 15.1 Å². The molecule has 2 aromatic rings. The molecule has 0 aliphatic carbocycles. The van der Waals surface area contributed by atoms with Crippen molar-refractivity contribution in [2.75, 3.05) is 31.7 Å². The number of amides is 2. The Morgan fingerprint density at radius 2 is 2.04 bits per heavy atom. The molecule has 1 aromatic carbocycles. The van der Waals surface area contributed by atoms with E-state index in [0.717, 1.165) is 38.8 Å². The standard InChI is InChI=1S/C21H28N4O3/c26-20(24-18-13-23-25(14-18)15-19-7-4-10-28-19)22-16-21(8-11-27-12-9-21)17-5-2-1-3-6-17/h1-3,5-6,13-14,19H,4,7-12,15-16H2,(H2,22,24,26). The highest BCUT2D eigenvalue weighted by atomic mass is 16.5. The van der Waals surface area contributed by atoms with Crippen LogP contribution < -0.4 is 10.6 Å². The van der Waals surface area contributed by atoms with E-state index >= 15 is 0 Å². The summed E-state index contributed by atoms with van der Waals surface area (Å²) in [6, 6.07) is 10.2. The Morgan fingerprint density at radius 3 is 2.79 bits per heavy atom. The fraction of sp³-hybridized carbons (Fsp3) is 0.524. The third-order valence-corrected chi connectivity index (χ3v) is 5.73. The number of benzene rings is 1. The van der Waals surface area contributed by atoms with Gasteiger partial charge in [0.1, 0.15) is 0 Å². The molecule has 7 nitrogen and oxygen atoms in total. The van der Waals surface area contributed by atoms with Gasteiger partial charge in [0.05, 0.1) is 24.5 Å². The van der Waals surface area contributed by atoms with E-state index in [1.807, 2.05) is 16.9 Å². The summed E-state index contributed by atoms with van der Waals surface area (Å²) in [6.07, 6.45) is 7.72. The molecule has 1 atom stereocenters. The maximum Gasteiger partial charge on any atom is 0.319 e. The number of urea groups is 1. The van der Waals surface area contributed by atoms with Gasteiger partial charge in [-0.15, -0.1) is 0 Å². The SMILES string of the molecule is O=C(NCC1(c2ccccc2)CCOCC1)Nc1cnn(CC2CCCO2)c1. The zero-order chi connectivity index (χ0) is 19.2. The van der Waals surface area contributed by atoms with E-state index in [1.165, 1.54) is 5.56 Å². The summed E-state index contributed by atoms with van der Waals surface area (Å²) in [5, 5.41) is 10.3. The number of ether oxygens (including phenoxy) is 2. The van der Waals surface area contributed by atoms with E-state index in [4.69, 9.17) is 9.47 Å². The monoisotopic (exact) mass is 384 g/mol. The van der Waals surface area contributed by atoms with Crippen molar-refractivity contribution < 1.29 is 14.3 Å². The zero-order valence-corrected chi connectivity index (χ0v) is 16.1. The number of aromatic nitrogens is 2. The Morgan fingerprint density at radius 1 is 1.21 bits per heavy atom. The number of carbonyl (C=O) groups excluding carboxylic acids is 1. The summed E-state index contributed by atoms with van der Waals surface area (Å²) in [7, 11) is 0. The third-order valence-electron chi connectivity index (χ3n) is 5.73. The fourth-order valence-corrected chi connectivity index (χ4v) is 4.07. The van der Waals surface area contributed by atoms with Crippen LogP contribution in [0.3, 0.4) is 0 Å². The minimum Gasteiger partial charge on any atom is -0.381 e.